The summed E-state index contributed by atoms with van der Waals surface area (Å²) in [6, 6.07) is -0.0928. The fourth-order valence-electron chi connectivity index (χ4n) is 2.33. The molecule has 1 fully saturated rings. The monoisotopic (exact) mass is 227 g/mol. The van der Waals surface area contributed by atoms with Gasteiger partial charge < -0.3 is 10.2 Å². The summed E-state index contributed by atoms with van der Waals surface area (Å²) in [5.41, 5.74) is 0.0717. The fourth-order valence-corrected chi connectivity index (χ4v) is 2.33. The number of carbonyl (C=O) groups is 1. The van der Waals surface area contributed by atoms with E-state index in [0.29, 0.717) is 0 Å². The van der Waals surface area contributed by atoms with Crippen molar-refractivity contribution in [3.05, 3.63) is 0 Å². The molecule has 0 aromatic rings. The lowest BCUT2D eigenvalue weighted by atomic mass is 10.00. The molecule has 1 heterocycles. The van der Waals surface area contributed by atoms with Crippen LogP contribution in [0.15, 0.2) is 0 Å². The minimum atomic E-state index is -0.0928. The smallest absolute Gasteiger partial charge is 0.239 e. The van der Waals surface area contributed by atoms with Crippen molar-refractivity contribution >= 4 is 5.91 Å². The van der Waals surface area contributed by atoms with Crippen LogP contribution in [0.5, 0.6) is 0 Å². The van der Waals surface area contributed by atoms with Gasteiger partial charge >= 0.3 is 0 Å². The zero-order chi connectivity index (χ0) is 12.2. The minimum Gasteiger partial charge on any atom is -0.342 e. The lowest BCUT2D eigenvalue weighted by Crippen LogP contribution is -2.54. The molecule has 1 aliphatic rings. The average Bonchev–Trinajstić information content (AvgIpc) is 2.66. The molecule has 0 saturated carbocycles. The fraction of sp³-hybridized carbons (Fsp3) is 0.917. The first kappa shape index (κ1) is 13.5. The second-order valence-electron chi connectivity index (χ2n) is 4.86. The number of hydrogen-bond donors (Lipinski definition) is 2. The van der Waals surface area contributed by atoms with Crippen molar-refractivity contribution in [2.75, 3.05) is 26.2 Å². The quantitative estimate of drug-likeness (QED) is 0.722. The zero-order valence-electron chi connectivity index (χ0n) is 11.0. The summed E-state index contributed by atoms with van der Waals surface area (Å²) in [6.07, 6.45) is 1.09. The Hall–Kier alpha value is -0.610. The highest BCUT2D eigenvalue weighted by molar-refractivity contribution is 5.81. The molecule has 0 spiro atoms. The third kappa shape index (κ3) is 3.19. The van der Waals surface area contributed by atoms with E-state index in [0.717, 1.165) is 32.6 Å². The van der Waals surface area contributed by atoms with Gasteiger partial charge in [-0.15, -0.1) is 0 Å². The molecule has 2 atom stereocenters. The van der Waals surface area contributed by atoms with E-state index < -0.39 is 0 Å². The van der Waals surface area contributed by atoms with Crippen LogP contribution in [0.2, 0.25) is 0 Å². The maximum atomic E-state index is 12.1. The summed E-state index contributed by atoms with van der Waals surface area (Å²) in [4.78, 5) is 14.0. The second kappa shape index (κ2) is 5.64. The molecular formula is C12H25N3O. The number of carbonyl (C=O) groups excluding carboxylic acids is 1. The Bertz CT molecular complexity index is 232. The van der Waals surface area contributed by atoms with Crippen molar-refractivity contribution in [1.82, 2.24) is 15.5 Å². The van der Waals surface area contributed by atoms with E-state index >= 15 is 0 Å². The summed E-state index contributed by atoms with van der Waals surface area (Å²) >= 11 is 0. The largest absolute Gasteiger partial charge is 0.342 e. The van der Waals surface area contributed by atoms with E-state index in [1.54, 1.807) is 0 Å². The number of nitrogens with one attached hydrogen (secondary N) is 2. The number of likely N-dealkylation sites (N-methyl/N-ethyl adjacent to an activating group) is 1. The molecule has 1 amide bonds. The third-order valence-electron chi connectivity index (χ3n) is 3.38. The van der Waals surface area contributed by atoms with Crippen molar-refractivity contribution in [2.24, 2.45) is 0 Å². The molecule has 2 unspecified atom stereocenters. The van der Waals surface area contributed by atoms with Crippen LogP contribution >= 0.6 is 0 Å². The first-order valence-corrected chi connectivity index (χ1v) is 6.29. The molecule has 2 N–H and O–H groups in total. The van der Waals surface area contributed by atoms with Crippen molar-refractivity contribution < 1.29 is 4.79 Å². The normalized spacial score (nSPS) is 26.8. The molecule has 1 aliphatic heterocycles. The SMILES string of the molecule is CCN(CC)C(=O)C(C)NC1(C)CCNC1. The van der Waals surface area contributed by atoms with Gasteiger partial charge in [-0.05, 0) is 40.7 Å². The van der Waals surface area contributed by atoms with Crippen LogP contribution in [0, 0.1) is 0 Å². The van der Waals surface area contributed by atoms with Crippen molar-refractivity contribution in [1.29, 1.82) is 0 Å². The Kier molecular flexibility index (Phi) is 4.74. The lowest BCUT2D eigenvalue weighted by molar-refractivity contribution is -0.133. The molecule has 16 heavy (non-hydrogen) atoms. The molecule has 4 heteroatoms. The molecule has 0 aliphatic carbocycles. The van der Waals surface area contributed by atoms with Crippen LogP contribution < -0.4 is 10.6 Å². The van der Waals surface area contributed by atoms with Gasteiger partial charge in [0.05, 0.1) is 6.04 Å². The summed E-state index contributed by atoms with van der Waals surface area (Å²) < 4.78 is 0. The van der Waals surface area contributed by atoms with Crippen molar-refractivity contribution in [3.8, 4) is 0 Å². The van der Waals surface area contributed by atoms with Gasteiger partial charge in [0.15, 0.2) is 0 Å². The van der Waals surface area contributed by atoms with E-state index in [1.807, 2.05) is 25.7 Å². The van der Waals surface area contributed by atoms with Crippen molar-refractivity contribution in [2.45, 2.75) is 45.7 Å². The first-order valence-electron chi connectivity index (χ1n) is 6.29. The minimum absolute atomic E-state index is 0.0717. The standard InChI is InChI=1S/C12H25N3O/c1-5-15(6-2)11(16)10(3)14-12(4)7-8-13-9-12/h10,13-14H,5-9H2,1-4H3. The summed E-state index contributed by atoms with van der Waals surface area (Å²) in [6.45, 7) is 11.7. The van der Waals surface area contributed by atoms with Crippen LogP contribution in [-0.2, 0) is 4.79 Å². The van der Waals surface area contributed by atoms with E-state index in [-0.39, 0.29) is 17.5 Å². The Morgan fingerprint density at radius 1 is 1.50 bits per heavy atom. The van der Waals surface area contributed by atoms with Gasteiger partial charge in [-0.25, -0.2) is 0 Å². The molecule has 0 aromatic carbocycles. The predicted molar refractivity (Wildman–Crippen MR) is 66.4 cm³/mol. The number of amides is 1. The van der Waals surface area contributed by atoms with Gasteiger partial charge in [0.1, 0.15) is 0 Å². The number of nitrogens with zero attached hydrogens (tertiary/aromatic N) is 1. The third-order valence-corrected chi connectivity index (χ3v) is 3.38. The molecule has 1 rings (SSSR count). The van der Waals surface area contributed by atoms with Gasteiger partial charge in [0.2, 0.25) is 5.91 Å². The molecule has 4 nitrogen and oxygen atoms in total. The van der Waals surface area contributed by atoms with Gasteiger partial charge in [-0.1, -0.05) is 0 Å². The van der Waals surface area contributed by atoms with Gasteiger partial charge in [-0.2, -0.15) is 0 Å². The van der Waals surface area contributed by atoms with Crippen LogP contribution in [0.4, 0.5) is 0 Å². The summed E-state index contributed by atoms with van der Waals surface area (Å²) in [5, 5.41) is 6.78. The highest BCUT2D eigenvalue weighted by Gasteiger charge is 2.32. The summed E-state index contributed by atoms with van der Waals surface area (Å²) in [7, 11) is 0. The van der Waals surface area contributed by atoms with Crippen LogP contribution in [0.1, 0.15) is 34.1 Å². The molecule has 0 radical (unpaired) electrons. The van der Waals surface area contributed by atoms with Crippen LogP contribution in [0.25, 0.3) is 0 Å². The van der Waals surface area contributed by atoms with Gasteiger partial charge in [0.25, 0.3) is 0 Å². The Labute approximate surface area is 98.8 Å². The van der Waals surface area contributed by atoms with Gasteiger partial charge in [-0.3, -0.25) is 10.1 Å². The number of hydrogen-bond acceptors (Lipinski definition) is 3. The zero-order valence-corrected chi connectivity index (χ0v) is 11.0. The van der Waals surface area contributed by atoms with E-state index in [9.17, 15) is 4.79 Å². The molecule has 94 valence electrons. The molecular weight excluding hydrogens is 202 g/mol. The van der Waals surface area contributed by atoms with E-state index in [1.165, 1.54) is 0 Å². The average molecular weight is 227 g/mol. The van der Waals surface area contributed by atoms with Crippen LogP contribution in [-0.4, -0.2) is 48.6 Å². The first-order chi connectivity index (χ1) is 7.52. The number of rotatable bonds is 5. The predicted octanol–water partition coefficient (Wildman–Crippen LogP) is 0.585. The van der Waals surface area contributed by atoms with Gasteiger partial charge in [0, 0.05) is 25.2 Å². The molecule has 1 saturated heterocycles. The Morgan fingerprint density at radius 3 is 2.56 bits per heavy atom. The molecule has 0 bridgehead atoms. The second-order valence-corrected chi connectivity index (χ2v) is 4.86. The van der Waals surface area contributed by atoms with E-state index in [4.69, 9.17) is 0 Å². The highest BCUT2D eigenvalue weighted by Crippen LogP contribution is 2.14. The Morgan fingerprint density at radius 2 is 2.12 bits per heavy atom. The maximum absolute atomic E-state index is 12.1. The lowest BCUT2D eigenvalue weighted by Gasteiger charge is -2.31. The maximum Gasteiger partial charge on any atom is 0.239 e. The summed E-state index contributed by atoms with van der Waals surface area (Å²) in [5.74, 6) is 0.207. The van der Waals surface area contributed by atoms with Crippen LogP contribution in [0.3, 0.4) is 0 Å². The highest BCUT2D eigenvalue weighted by atomic mass is 16.2. The van der Waals surface area contributed by atoms with E-state index in [2.05, 4.69) is 17.6 Å². The molecule has 0 aromatic heterocycles. The topological polar surface area (TPSA) is 44.4 Å². The van der Waals surface area contributed by atoms with Crippen molar-refractivity contribution in [3.63, 3.8) is 0 Å². The Balaban J connectivity index is 2.50.